The van der Waals surface area contributed by atoms with Crippen molar-refractivity contribution in [2.75, 3.05) is 20.2 Å². The van der Waals surface area contributed by atoms with Crippen LogP contribution in [0.3, 0.4) is 0 Å². The van der Waals surface area contributed by atoms with Crippen molar-refractivity contribution in [1.82, 2.24) is 14.5 Å². The molecule has 154 valence electrons. The summed E-state index contributed by atoms with van der Waals surface area (Å²) >= 11 is 0. The maximum Gasteiger partial charge on any atom is 0.273 e. The smallest absolute Gasteiger partial charge is 0.273 e. The Morgan fingerprint density at radius 2 is 1.89 bits per heavy atom. The fraction of sp³-hybridized carbons (Fsp3) is 0.591. The van der Waals surface area contributed by atoms with Gasteiger partial charge >= 0.3 is 0 Å². The van der Waals surface area contributed by atoms with Crippen LogP contribution in [0.15, 0.2) is 23.0 Å². The minimum Gasteiger partial charge on any atom is -0.497 e. The summed E-state index contributed by atoms with van der Waals surface area (Å²) in [6, 6.07) is 5.44. The first kappa shape index (κ1) is 21.9. The second-order valence-electron chi connectivity index (χ2n) is 8.19. The van der Waals surface area contributed by atoms with E-state index in [1.807, 2.05) is 37.8 Å². The standard InChI is InChI=1S/C22H33N3O3/c1-7-9-13-24(12-8-2)19(26)15-25-18-14-16(28-6)10-11-17(18)23-20(21(25)27)22(3,4)5/h10-11,14H,7-9,12-13,15H2,1-6H3. The number of methoxy groups -OCH3 is 1. The molecule has 1 amide bonds. The number of rotatable bonds is 8. The second kappa shape index (κ2) is 9.22. The van der Waals surface area contributed by atoms with Crippen LogP contribution in [0.5, 0.6) is 5.75 Å². The molecule has 1 heterocycles. The third kappa shape index (κ3) is 4.91. The first-order chi connectivity index (χ1) is 13.2. The normalized spacial score (nSPS) is 11.6. The molecular weight excluding hydrogens is 354 g/mol. The van der Waals surface area contributed by atoms with Gasteiger partial charge in [0.1, 0.15) is 18.0 Å². The first-order valence-electron chi connectivity index (χ1n) is 10.1. The van der Waals surface area contributed by atoms with E-state index in [-0.39, 0.29) is 18.0 Å². The Labute approximate surface area is 167 Å². The highest BCUT2D eigenvalue weighted by molar-refractivity contribution is 5.81. The van der Waals surface area contributed by atoms with Gasteiger partial charge in [0.15, 0.2) is 0 Å². The lowest BCUT2D eigenvalue weighted by Crippen LogP contribution is -2.40. The van der Waals surface area contributed by atoms with E-state index in [1.165, 1.54) is 0 Å². The van der Waals surface area contributed by atoms with Crippen LogP contribution in [0, 0.1) is 0 Å². The SMILES string of the molecule is CCCCN(CCC)C(=O)Cn1c(=O)c(C(C)(C)C)nc2ccc(OC)cc21. The number of ether oxygens (including phenoxy) is 1. The number of hydrogen-bond acceptors (Lipinski definition) is 4. The Morgan fingerprint density at radius 3 is 2.46 bits per heavy atom. The Balaban J connectivity index is 2.57. The zero-order valence-corrected chi connectivity index (χ0v) is 18.0. The van der Waals surface area contributed by atoms with Gasteiger partial charge in [-0.1, -0.05) is 41.0 Å². The van der Waals surface area contributed by atoms with Crippen LogP contribution in [-0.4, -0.2) is 40.6 Å². The lowest BCUT2D eigenvalue weighted by molar-refractivity contribution is -0.132. The highest BCUT2D eigenvalue weighted by atomic mass is 16.5. The van der Waals surface area contributed by atoms with Crippen molar-refractivity contribution in [1.29, 1.82) is 0 Å². The number of aromatic nitrogens is 2. The van der Waals surface area contributed by atoms with E-state index >= 15 is 0 Å². The molecule has 0 unspecified atom stereocenters. The molecule has 0 saturated heterocycles. The molecule has 1 aromatic carbocycles. The molecule has 28 heavy (non-hydrogen) atoms. The van der Waals surface area contributed by atoms with Crippen LogP contribution in [0.4, 0.5) is 0 Å². The largest absolute Gasteiger partial charge is 0.497 e. The van der Waals surface area contributed by atoms with Crippen molar-refractivity contribution in [2.24, 2.45) is 0 Å². The minimum absolute atomic E-state index is 0.0117. The average Bonchev–Trinajstić information content (AvgIpc) is 2.65. The van der Waals surface area contributed by atoms with Gasteiger partial charge in [-0.25, -0.2) is 4.98 Å². The summed E-state index contributed by atoms with van der Waals surface area (Å²) in [4.78, 5) is 32.7. The quantitative estimate of drug-likeness (QED) is 0.692. The lowest BCUT2D eigenvalue weighted by atomic mass is 9.92. The van der Waals surface area contributed by atoms with Gasteiger partial charge in [-0.2, -0.15) is 0 Å². The average molecular weight is 388 g/mol. The predicted molar refractivity (Wildman–Crippen MR) is 113 cm³/mol. The summed E-state index contributed by atoms with van der Waals surface area (Å²) < 4.78 is 6.88. The number of fused-ring (bicyclic) bond motifs is 1. The van der Waals surface area contributed by atoms with Crippen LogP contribution in [0.2, 0.25) is 0 Å². The second-order valence-corrected chi connectivity index (χ2v) is 8.19. The topological polar surface area (TPSA) is 64.4 Å². The molecule has 0 fully saturated rings. The molecule has 0 radical (unpaired) electrons. The zero-order valence-electron chi connectivity index (χ0n) is 18.0. The van der Waals surface area contributed by atoms with Crippen molar-refractivity contribution in [3.8, 4) is 5.75 Å². The van der Waals surface area contributed by atoms with Crippen LogP contribution in [0.25, 0.3) is 11.0 Å². The third-order valence-electron chi connectivity index (χ3n) is 4.78. The summed E-state index contributed by atoms with van der Waals surface area (Å²) in [7, 11) is 1.58. The van der Waals surface area contributed by atoms with Gasteiger partial charge in [-0.3, -0.25) is 14.2 Å². The summed E-state index contributed by atoms with van der Waals surface area (Å²) in [6.07, 6.45) is 2.87. The Hall–Kier alpha value is -2.37. The van der Waals surface area contributed by atoms with E-state index in [1.54, 1.807) is 17.7 Å². The monoisotopic (exact) mass is 387 g/mol. The van der Waals surface area contributed by atoms with Gasteiger partial charge in [-0.15, -0.1) is 0 Å². The molecule has 2 aromatic rings. The van der Waals surface area contributed by atoms with Crippen molar-refractivity contribution < 1.29 is 9.53 Å². The maximum atomic E-state index is 13.2. The van der Waals surface area contributed by atoms with E-state index in [9.17, 15) is 9.59 Å². The molecule has 1 aromatic heterocycles. The van der Waals surface area contributed by atoms with Gasteiger partial charge < -0.3 is 9.64 Å². The lowest BCUT2D eigenvalue weighted by Gasteiger charge is -2.24. The predicted octanol–water partition coefficient (Wildman–Crippen LogP) is 3.74. The first-order valence-corrected chi connectivity index (χ1v) is 10.1. The molecule has 6 heteroatoms. The van der Waals surface area contributed by atoms with Crippen molar-refractivity contribution in [3.05, 3.63) is 34.2 Å². The van der Waals surface area contributed by atoms with E-state index in [0.29, 0.717) is 29.0 Å². The van der Waals surface area contributed by atoms with E-state index in [2.05, 4.69) is 18.8 Å². The highest BCUT2D eigenvalue weighted by Gasteiger charge is 2.24. The molecular formula is C22H33N3O3. The number of benzene rings is 1. The molecule has 6 nitrogen and oxygen atoms in total. The molecule has 2 rings (SSSR count). The van der Waals surface area contributed by atoms with E-state index < -0.39 is 5.41 Å². The molecule has 0 aliphatic carbocycles. The fourth-order valence-corrected chi connectivity index (χ4v) is 3.21. The Bertz CT molecular complexity index is 881. The molecule has 0 saturated carbocycles. The molecule has 0 aliphatic heterocycles. The number of carbonyl (C=O) groups is 1. The Morgan fingerprint density at radius 1 is 1.18 bits per heavy atom. The molecule has 0 N–H and O–H groups in total. The van der Waals surface area contributed by atoms with Crippen molar-refractivity contribution in [2.45, 2.75) is 65.8 Å². The van der Waals surface area contributed by atoms with Crippen molar-refractivity contribution in [3.63, 3.8) is 0 Å². The molecule has 0 spiro atoms. The number of hydrogen-bond donors (Lipinski definition) is 0. The summed E-state index contributed by atoms with van der Waals surface area (Å²) in [5.74, 6) is 0.599. The number of amides is 1. The van der Waals surface area contributed by atoms with Crippen molar-refractivity contribution >= 4 is 16.9 Å². The fourth-order valence-electron chi connectivity index (χ4n) is 3.21. The molecule has 0 bridgehead atoms. The third-order valence-corrected chi connectivity index (χ3v) is 4.78. The van der Waals surface area contributed by atoms with Gasteiger partial charge in [0, 0.05) is 24.6 Å². The van der Waals surface area contributed by atoms with Gasteiger partial charge in [-0.05, 0) is 25.0 Å². The number of unbranched alkanes of at least 4 members (excludes halogenated alkanes) is 1. The molecule has 0 aliphatic rings. The highest BCUT2D eigenvalue weighted by Crippen LogP contribution is 2.23. The van der Waals surface area contributed by atoms with Gasteiger partial charge in [0.2, 0.25) is 5.91 Å². The van der Waals surface area contributed by atoms with Crippen LogP contribution >= 0.6 is 0 Å². The van der Waals surface area contributed by atoms with Gasteiger partial charge in [0.05, 0.1) is 18.1 Å². The summed E-state index contributed by atoms with van der Waals surface area (Å²) in [5, 5.41) is 0. The maximum absolute atomic E-state index is 13.2. The number of carbonyl (C=O) groups excluding carboxylic acids is 1. The summed E-state index contributed by atoms with van der Waals surface area (Å²) in [6.45, 7) is 11.5. The van der Waals surface area contributed by atoms with Crippen LogP contribution < -0.4 is 10.3 Å². The summed E-state index contributed by atoms with van der Waals surface area (Å²) in [5.41, 5.74) is 1.15. The van der Waals surface area contributed by atoms with Crippen LogP contribution in [0.1, 0.15) is 59.6 Å². The van der Waals surface area contributed by atoms with E-state index in [4.69, 9.17) is 4.74 Å². The molecule has 0 atom stereocenters. The minimum atomic E-state index is -0.415. The number of nitrogens with zero attached hydrogens (tertiary/aromatic N) is 3. The van der Waals surface area contributed by atoms with Gasteiger partial charge in [0.25, 0.3) is 5.56 Å². The van der Waals surface area contributed by atoms with E-state index in [0.717, 1.165) is 25.8 Å². The van der Waals surface area contributed by atoms with Crippen LogP contribution in [-0.2, 0) is 16.8 Å². The zero-order chi connectivity index (χ0) is 20.9. The Kier molecular flexibility index (Phi) is 7.22.